The molecule has 0 saturated carbocycles. The molecule has 3 nitrogen and oxygen atoms in total. The highest BCUT2D eigenvalue weighted by Gasteiger charge is 2.23. The van der Waals surface area contributed by atoms with E-state index in [1.54, 1.807) is 22.6 Å². The summed E-state index contributed by atoms with van der Waals surface area (Å²) in [5.74, 6) is -1.13. The molecule has 142 valence electrons. The Balaban J connectivity index is 2.05. The summed E-state index contributed by atoms with van der Waals surface area (Å²) < 4.78 is 44.3. The normalized spacial score (nSPS) is 11.2. The van der Waals surface area contributed by atoms with E-state index in [9.17, 15) is 13.2 Å². The maximum Gasteiger partial charge on any atom is 0.143 e. The topological polar surface area (TPSA) is 29.3 Å². The number of aryl methyl sites for hydroxylation is 2. The molecular formula is C22H18F3N3. The molecular weight excluding hydrogens is 363 g/mol. The molecule has 4 aromatic rings. The van der Waals surface area contributed by atoms with Crippen molar-refractivity contribution >= 4 is 17.2 Å². The first-order valence-corrected chi connectivity index (χ1v) is 8.85. The Morgan fingerprint density at radius 1 is 0.893 bits per heavy atom. The third-order valence-corrected chi connectivity index (χ3v) is 4.79. The van der Waals surface area contributed by atoms with Gasteiger partial charge in [0, 0.05) is 5.69 Å². The van der Waals surface area contributed by atoms with E-state index in [0.717, 1.165) is 16.8 Å². The molecule has 0 atom stereocenters. The van der Waals surface area contributed by atoms with Gasteiger partial charge in [0.25, 0.3) is 0 Å². The zero-order valence-corrected chi connectivity index (χ0v) is 15.4. The number of nitrogens with zero attached hydrogens (tertiary/aromatic N) is 2. The van der Waals surface area contributed by atoms with Crippen molar-refractivity contribution in [1.82, 2.24) is 9.38 Å². The molecule has 0 aliphatic carbocycles. The molecule has 0 amide bonds. The summed E-state index contributed by atoms with van der Waals surface area (Å²) in [6.07, 6.45) is 0. The van der Waals surface area contributed by atoms with Gasteiger partial charge in [-0.25, -0.2) is 18.2 Å². The van der Waals surface area contributed by atoms with Crippen molar-refractivity contribution in [3.05, 3.63) is 83.1 Å². The Kier molecular flexibility index (Phi) is 4.55. The largest absolute Gasteiger partial charge is 0.339 e. The van der Waals surface area contributed by atoms with Crippen LogP contribution in [0.3, 0.4) is 0 Å². The van der Waals surface area contributed by atoms with Crippen LogP contribution >= 0.6 is 0 Å². The second kappa shape index (κ2) is 7.03. The quantitative estimate of drug-likeness (QED) is 0.462. The average molecular weight is 381 g/mol. The molecule has 0 spiro atoms. The minimum absolute atomic E-state index is 0.0964. The van der Waals surface area contributed by atoms with Crippen LogP contribution in [0.5, 0.6) is 0 Å². The Bertz CT molecular complexity index is 1140. The van der Waals surface area contributed by atoms with Crippen LogP contribution in [0.4, 0.5) is 24.7 Å². The Morgan fingerprint density at radius 2 is 1.50 bits per heavy atom. The lowest BCUT2D eigenvalue weighted by atomic mass is 10.1. The molecule has 4 rings (SSSR count). The molecule has 2 heterocycles. The lowest BCUT2D eigenvalue weighted by Crippen LogP contribution is -2.04. The van der Waals surface area contributed by atoms with Gasteiger partial charge in [0.1, 0.15) is 35.5 Å². The number of hydrogen-bond donors (Lipinski definition) is 1. The Morgan fingerprint density at radius 3 is 2.14 bits per heavy atom. The van der Waals surface area contributed by atoms with E-state index in [0.29, 0.717) is 17.2 Å². The summed E-state index contributed by atoms with van der Waals surface area (Å²) >= 11 is 0. The van der Waals surface area contributed by atoms with E-state index >= 15 is 0 Å². The number of hydrogen-bond acceptors (Lipinski definition) is 2. The highest BCUT2D eigenvalue weighted by Crippen LogP contribution is 2.36. The summed E-state index contributed by atoms with van der Waals surface area (Å²) in [5.41, 5.74) is 3.28. The van der Waals surface area contributed by atoms with Crippen molar-refractivity contribution in [2.75, 3.05) is 5.32 Å². The van der Waals surface area contributed by atoms with Crippen LogP contribution in [0.25, 0.3) is 16.9 Å². The first-order valence-electron chi connectivity index (χ1n) is 8.85. The molecule has 0 unspecified atom stereocenters. The van der Waals surface area contributed by atoms with E-state index in [1.165, 1.54) is 18.2 Å². The van der Waals surface area contributed by atoms with Crippen molar-refractivity contribution in [3.8, 4) is 11.3 Å². The van der Waals surface area contributed by atoms with E-state index in [-0.39, 0.29) is 11.3 Å². The van der Waals surface area contributed by atoms with Gasteiger partial charge in [-0.1, -0.05) is 30.3 Å². The van der Waals surface area contributed by atoms with Gasteiger partial charge in [0.05, 0.1) is 11.3 Å². The maximum absolute atomic E-state index is 14.5. The van der Waals surface area contributed by atoms with Crippen molar-refractivity contribution in [1.29, 1.82) is 0 Å². The van der Waals surface area contributed by atoms with Crippen LogP contribution < -0.4 is 5.32 Å². The number of benzene rings is 2. The summed E-state index contributed by atoms with van der Waals surface area (Å²) in [6, 6.07) is 14.4. The molecule has 0 bridgehead atoms. The SMILES string of the molecule is Cc1cccc(C)c1Nc1c(-c2c(F)cccc2F)nc2cccc(CF)n12. The van der Waals surface area contributed by atoms with Gasteiger partial charge in [0.15, 0.2) is 0 Å². The number of rotatable bonds is 4. The van der Waals surface area contributed by atoms with Crippen LogP contribution in [0.15, 0.2) is 54.6 Å². The van der Waals surface area contributed by atoms with Crippen LogP contribution in [0.2, 0.25) is 0 Å². The fourth-order valence-corrected chi connectivity index (χ4v) is 3.41. The van der Waals surface area contributed by atoms with Crippen molar-refractivity contribution in [3.63, 3.8) is 0 Å². The molecule has 6 heteroatoms. The predicted octanol–water partition coefficient (Wildman–Crippen LogP) is 6.11. The minimum Gasteiger partial charge on any atom is -0.339 e. The first-order chi connectivity index (χ1) is 13.5. The number of pyridine rings is 1. The van der Waals surface area contributed by atoms with Crippen molar-refractivity contribution in [2.24, 2.45) is 0 Å². The Hall–Kier alpha value is -3.28. The third kappa shape index (κ3) is 2.91. The zero-order valence-electron chi connectivity index (χ0n) is 15.4. The van der Waals surface area contributed by atoms with Gasteiger partial charge in [-0.2, -0.15) is 0 Å². The molecule has 0 aliphatic rings. The standard InChI is InChI=1S/C22H18F3N3/c1-13-6-3-7-14(2)20(13)27-22-21(19-16(24)9-5-10-17(19)25)26-18-11-4-8-15(12-23)28(18)22/h3-11,27H,12H2,1-2H3. The van der Waals surface area contributed by atoms with Crippen LogP contribution in [-0.2, 0) is 6.67 Å². The molecule has 2 aromatic carbocycles. The molecule has 0 radical (unpaired) electrons. The molecule has 28 heavy (non-hydrogen) atoms. The molecule has 1 N–H and O–H groups in total. The highest BCUT2D eigenvalue weighted by atomic mass is 19.1. The number of imidazole rings is 1. The van der Waals surface area contributed by atoms with Crippen LogP contribution in [0, 0.1) is 25.5 Å². The van der Waals surface area contributed by atoms with E-state index in [4.69, 9.17) is 0 Å². The molecule has 2 aromatic heterocycles. The molecule has 0 saturated heterocycles. The van der Waals surface area contributed by atoms with Gasteiger partial charge < -0.3 is 5.32 Å². The van der Waals surface area contributed by atoms with Gasteiger partial charge in [-0.05, 0) is 49.2 Å². The number of aromatic nitrogens is 2. The number of alkyl halides is 1. The van der Waals surface area contributed by atoms with Gasteiger partial charge in [0.2, 0.25) is 0 Å². The lowest BCUT2D eigenvalue weighted by molar-refractivity contribution is 0.473. The number of anilines is 2. The third-order valence-electron chi connectivity index (χ3n) is 4.79. The summed E-state index contributed by atoms with van der Waals surface area (Å²) in [7, 11) is 0. The van der Waals surface area contributed by atoms with Crippen LogP contribution in [0.1, 0.15) is 16.8 Å². The molecule has 0 fully saturated rings. The number of para-hydroxylation sites is 1. The summed E-state index contributed by atoms with van der Waals surface area (Å²) in [4.78, 5) is 4.42. The fourth-order valence-electron chi connectivity index (χ4n) is 3.41. The monoisotopic (exact) mass is 381 g/mol. The van der Waals surface area contributed by atoms with Crippen molar-refractivity contribution < 1.29 is 13.2 Å². The van der Waals surface area contributed by atoms with Gasteiger partial charge in [-0.15, -0.1) is 0 Å². The number of nitrogens with one attached hydrogen (secondary N) is 1. The second-order valence-corrected chi connectivity index (χ2v) is 6.64. The summed E-state index contributed by atoms with van der Waals surface area (Å²) in [6.45, 7) is 3.12. The predicted molar refractivity (Wildman–Crippen MR) is 105 cm³/mol. The van der Waals surface area contributed by atoms with Crippen molar-refractivity contribution in [2.45, 2.75) is 20.5 Å². The smallest absolute Gasteiger partial charge is 0.143 e. The fraction of sp³-hybridized carbons (Fsp3) is 0.136. The Labute approximate surface area is 160 Å². The summed E-state index contributed by atoms with van der Waals surface area (Å²) in [5, 5.41) is 3.26. The minimum atomic E-state index is -0.742. The zero-order chi connectivity index (χ0) is 19.8. The second-order valence-electron chi connectivity index (χ2n) is 6.64. The number of fused-ring (bicyclic) bond motifs is 1. The lowest BCUT2D eigenvalue weighted by Gasteiger charge is -2.15. The van der Waals surface area contributed by atoms with E-state index < -0.39 is 18.3 Å². The average Bonchev–Trinajstić information content (AvgIpc) is 3.03. The van der Waals surface area contributed by atoms with Gasteiger partial charge in [-0.3, -0.25) is 4.40 Å². The molecule has 0 aliphatic heterocycles. The first kappa shape index (κ1) is 18.1. The van der Waals surface area contributed by atoms with Gasteiger partial charge >= 0.3 is 0 Å². The van der Waals surface area contributed by atoms with Crippen LogP contribution in [-0.4, -0.2) is 9.38 Å². The van der Waals surface area contributed by atoms with E-state index in [1.807, 2.05) is 32.0 Å². The number of halogens is 3. The maximum atomic E-state index is 14.5. The highest BCUT2D eigenvalue weighted by molar-refractivity contribution is 5.82. The van der Waals surface area contributed by atoms with E-state index in [2.05, 4.69) is 10.3 Å².